The molecule has 4 rings (SSSR count). The lowest BCUT2D eigenvalue weighted by molar-refractivity contribution is -0.120. The minimum absolute atomic E-state index is 0.147. The van der Waals surface area contributed by atoms with E-state index in [0.717, 1.165) is 28.3 Å². The minimum Gasteiger partial charge on any atom is -0.301 e. The van der Waals surface area contributed by atoms with Crippen molar-refractivity contribution in [2.75, 3.05) is 11.9 Å². The van der Waals surface area contributed by atoms with Gasteiger partial charge in [0.2, 0.25) is 5.91 Å². The second-order valence-corrected chi connectivity index (χ2v) is 12.7. The summed E-state index contributed by atoms with van der Waals surface area (Å²) in [6, 6.07) is 5.91. The molecule has 0 aromatic carbocycles. The fourth-order valence-corrected chi connectivity index (χ4v) is 8.15. The molecule has 1 aliphatic heterocycles. The fraction of sp³-hybridized carbons (Fsp3) is 0.294. The van der Waals surface area contributed by atoms with Crippen LogP contribution in [0.25, 0.3) is 10.6 Å². The molecule has 1 atom stereocenters. The van der Waals surface area contributed by atoms with Gasteiger partial charge in [-0.25, -0.2) is 13.4 Å². The number of carbonyl (C=O) groups is 1. The van der Waals surface area contributed by atoms with Gasteiger partial charge in [0.1, 0.15) is 10.3 Å². The van der Waals surface area contributed by atoms with Crippen molar-refractivity contribution in [2.45, 2.75) is 29.5 Å². The first-order chi connectivity index (χ1) is 13.8. The number of piperidine rings is 1. The molecule has 0 aliphatic carbocycles. The van der Waals surface area contributed by atoms with Crippen molar-refractivity contribution in [1.29, 1.82) is 0 Å². The van der Waals surface area contributed by atoms with Crippen LogP contribution < -0.4 is 5.32 Å². The number of rotatable bonds is 5. The van der Waals surface area contributed by atoms with Gasteiger partial charge < -0.3 is 5.32 Å². The Morgan fingerprint density at radius 1 is 1.14 bits per heavy atom. The SMILES string of the molecule is O=C(Nc1nc(-c2ccc(Cl)s2)cs1)C1CCCCN1S(=O)(=O)c1ccc(Cl)s1. The van der Waals surface area contributed by atoms with Gasteiger partial charge in [0.15, 0.2) is 5.13 Å². The fourth-order valence-electron chi connectivity index (χ4n) is 3.09. The van der Waals surface area contributed by atoms with Crippen molar-refractivity contribution < 1.29 is 13.2 Å². The average molecular weight is 508 g/mol. The van der Waals surface area contributed by atoms with Crippen LogP contribution in [0.15, 0.2) is 33.9 Å². The highest BCUT2D eigenvalue weighted by Crippen LogP contribution is 2.34. The van der Waals surface area contributed by atoms with Gasteiger partial charge in [0.05, 0.1) is 19.2 Å². The van der Waals surface area contributed by atoms with Crippen LogP contribution >= 0.6 is 57.2 Å². The number of anilines is 1. The Hall–Kier alpha value is -1.01. The van der Waals surface area contributed by atoms with Crippen molar-refractivity contribution in [3.63, 3.8) is 0 Å². The van der Waals surface area contributed by atoms with Gasteiger partial charge in [0, 0.05) is 11.9 Å². The van der Waals surface area contributed by atoms with Crippen molar-refractivity contribution in [3.8, 4) is 10.6 Å². The summed E-state index contributed by atoms with van der Waals surface area (Å²) in [5.41, 5.74) is 0.726. The third kappa shape index (κ3) is 4.53. The van der Waals surface area contributed by atoms with E-state index in [4.69, 9.17) is 23.2 Å². The molecule has 1 unspecified atom stereocenters. The lowest BCUT2D eigenvalue weighted by Gasteiger charge is -2.32. The van der Waals surface area contributed by atoms with Gasteiger partial charge in [-0.15, -0.1) is 34.0 Å². The van der Waals surface area contributed by atoms with Crippen LogP contribution in [0, 0.1) is 0 Å². The first-order valence-electron chi connectivity index (χ1n) is 8.64. The molecule has 1 amide bonds. The second kappa shape index (κ2) is 8.62. The van der Waals surface area contributed by atoms with Crippen LogP contribution in [0.5, 0.6) is 0 Å². The van der Waals surface area contributed by atoms with Crippen molar-refractivity contribution in [3.05, 3.63) is 38.3 Å². The Balaban J connectivity index is 1.53. The summed E-state index contributed by atoms with van der Waals surface area (Å²) in [6.07, 6.45) is 1.96. The maximum absolute atomic E-state index is 13.0. The van der Waals surface area contributed by atoms with Crippen molar-refractivity contribution >= 4 is 78.3 Å². The molecule has 29 heavy (non-hydrogen) atoms. The molecule has 3 aromatic rings. The Labute approximate surface area is 190 Å². The Kier molecular flexibility index (Phi) is 6.31. The predicted octanol–water partition coefficient (Wildman–Crippen LogP) is 5.42. The Morgan fingerprint density at radius 3 is 2.59 bits per heavy atom. The average Bonchev–Trinajstić information content (AvgIpc) is 3.43. The van der Waals surface area contributed by atoms with Crippen LogP contribution in [0.1, 0.15) is 19.3 Å². The summed E-state index contributed by atoms with van der Waals surface area (Å²) < 4.78 is 28.5. The first kappa shape index (κ1) is 21.2. The van der Waals surface area contributed by atoms with Crippen LogP contribution in [0.2, 0.25) is 8.67 Å². The summed E-state index contributed by atoms with van der Waals surface area (Å²) in [7, 11) is -3.79. The number of nitrogens with zero attached hydrogens (tertiary/aromatic N) is 2. The molecule has 12 heteroatoms. The van der Waals surface area contributed by atoms with E-state index < -0.39 is 16.1 Å². The van der Waals surface area contributed by atoms with E-state index in [0.29, 0.717) is 33.2 Å². The maximum Gasteiger partial charge on any atom is 0.253 e. The quantitative estimate of drug-likeness (QED) is 0.499. The zero-order chi connectivity index (χ0) is 20.6. The second-order valence-electron chi connectivity index (χ2n) is 6.32. The first-order valence-corrected chi connectivity index (χ1v) is 13.3. The number of thiophene rings is 2. The number of hydrogen-bond donors (Lipinski definition) is 1. The van der Waals surface area contributed by atoms with E-state index in [-0.39, 0.29) is 10.1 Å². The molecule has 0 bridgehead atoms. The number of nitrogens with one attached hydrogen (secondary N) is 1. The smallest absolute Gasteiger partial charge is 0.253 e. The van der Waals surface area contributed by atoms with Crippen LogP contribution in [0.3, 0.4) is 0 Å². The van der Waals surface area contributed by atoms with Gasteiger partial charge in [-0.05, 0) is 37.1 Å². The molecule has 1 fully saturated rings. The zero-order valence-corrected chi connectivity index (χ0v) is 19.6. The highest BCUT2D eigenvalue weighted by atomic mass is 35.5. The molecule has 0 spiro atoms. The molecule has 4 heterocycles. The number of amides is 1. The van der Waals surface area contributed by atoms with E-state index >= 15 is 0 Å². The van der Waals surface area contributed by atoms with Crippen LogP contribution in [0.4, 0.5) is 5.13 Å². The summed E-state index contributed by atoms with van der Waals surface area (Å²) in [4.78, 5) is 18.3. The summed E-state index contributed by atoms with van der Waals surface area (Å²) in [6.45, 7) is 0.298. The molecule has 0 radical (unpaired) electrons. The normalized spacial score (nSPS) is 18.1. The third-order valence-electron chi connectivity index (χ3n) is 4.43. The van der Waals surface area contributed by atoms with Crippen molar-refractivity contribution in [1.82, 2.24) is 9.29 Å². The number of halogens is 2. The number of aromatic nitrogens is 1. The zero-order valence-electron chi connectivity index (χ0n) is 14.8. The minimum atomic E-state index is -3.79. The lowest BCUT2D eigenvalue weighted by Crippen LogP contribution is -2.49. The summed E-state index contributed by atoms with van der Waals surface area (Å²) in [5, 5.41) is 5.04. The predicted molar refractivity (Wildman–Crippen MR) is 120 cm³/mol. The standard InChI is InChI=1S/C17H15Cl2N3O3S4/c18-13-5-4-12(27-13)10-9-26-17(20-10)21-16(23)11-3-1-2-8-22(11)29(24,25)15-7-6-14(19)28-15/h4-7,9,11H,1-3,8H2,(H,20,21,23). The number of sulfonamides is 1. The van der Waals surface area contributed by atoms with Crippen LogP contribution in [-0.4, -0.2) is 36.2 Å². The van der Waals surface area contributed by atoms with E-state index in [1.165, 1.54) is 33.0 Å². The van der Waals surface area contributed by atoms with Crippen LogP contribution in [-0.2, 0) is 14.8 Å². The maximum atomic E-state index is 13.0. The Bertz CT molecular complexity index is 1140. The summed E-state index contributed by atoms with van der Waals surface area (Å²) >= 11 is 15.6. The van der Waals surface area contributed by atoms with Gasteiger partial charge in [-0.2, -0.15) is 4.31 Å². The molecule has 154 valence electrons. The Morgan fingerprint density at radius 2 is 1.90 bits per heavy atom. The number of carbonyl (C=O) groups excluding carboxylic acids is 1. The molecular formula is C17H15Cl2N3O3S4. The van der Waals surface area contributed by atoms with E-state index in [1.54, 1.807) is 12.1 Å². The molecule has 1 aliphatic rings. The van der Waals surface area contributed by atoms with Gasteiger partial charge >= 0.3 is 0 Å². The number of hydrogen-bond acceptors (Lipinski definition) is 7. The van der Waals surface area contributed by atoms with Crippen molar-refractivity contribution in [2.24, 2.45) is 0 Å². The van der Waals surface area contributed by atoms with E-state index in [2.05, 4.69) is 10.3 Å². The molecule has 1 saturated heterocycles. The lowest BCUT2D eigenvalue weighted by atomic mass is 10.0. The largest absolute Gasteiger partial charge is 0.301 e. The topological polar surface area (TPSA) is 79.4 Å². The van der Waals surface area contributed by atoms with E-state index in [1.807, 2.05) is 11.4 Å². The van der Waals surface area contributed by atoms with Gasteiger partial charge in [-0.1, -0.05) is 29.6 Å². The third-order valence-corrected chi connectivity index (χ3v) is 10.0. The van der Waals surface area contributed by atoms with Gasteiger partial charge in [-0.3, -0.25) is 4.79 Å². The molecule has 0 saturated carbocycles. The highest BCUT2D eigenvalue weighted by Gasteiger charge is 2.38. The van der Waals surface area contributed by atoms with Gasteiger partial charge in [0.25, 0.3) is 10.0 Å². The summed E-state index contributed by atoms with van der Waals surface area (Å²) in [5.74, 6) is -0.374. The highest BCUT2D eigenvalue weighted by molar-refractivity contribution is 7.91. The van der Waals surface area contributed by atoms with E-state index in [9.17, 15) is 13.2 Å². The molecular weight excluding hydrogens is 493 g/mol. The molecule has 6 nitrogen and oxygen atoms in total. The molecule has 3 aromatic heterocycles. The monoisotopic (exact) mass is 507 g/mol. The number of thiazole rings is 1. The molecule has 1 N–H and O–H groups in total.